The Labute approximate surface area is 142 Å². The van der Waals surface area contributed by atoms with Gasteiger partial charge in [0, 0.05) is 53.0 Å². The second-order valence-electron chi connectivity index (χ2n) is 7.10. The van der Waals surface area contributed by atoms with Crippen molar-refractivity contribution in [2.24, 2.45) is 5.92 Å². The molecule has 134 valence electrons. The van der Waals surface area contributed by atoms with Crippen molar-refractivity contribution in [1.29, 1.82) is 0 Å². The fourth-order valence-corrected chi connectivity index (χ4v) is 3.60. The van der Waals surface area contributed by atoms with Crippen LogP contribution in [0.3, 0.4) is 0 Å². The van der Waals surface area contributed by atoms with E-state index in [1.807, 2.05) is 13.0 Å². The lowest BCUT2D eigenvalue weighted by Crippen LogP contribution is -2.64. The van der Waals surface area contributed by atoms with E-state index in [0.717, 1.165) is 50.5 Å². The minimum absolute atomic E-state index is 0.00473. The summed E-state index contributed by atoms with van der Waals surface area (Å²) < 4.78 is 16.7. The number of likely N-dealkylation sites (N-methyl/N-ethyl adjacent to an activating group) is 1. The van der Waals surface area contributed by atoms with Gasteiger partial charge in [0.15, 0.2) is 0 Å². The van der Waals surface area contributed by atoms with Gasteiger partial charge in [-0.1, -0.05) is 5.16 Å². The topological polar surface area (TPSA) is 68.0 Å². The number of carbonyl (C=O) groups is 1. The fraction of sp³-hybridized carbons (Fsp3) is 0.765. The van der Waals surface area contributed by atoms with Crippen LogP contribution < -0.4 is 0 Å². The normalized spacial score (nSPS) is 22.7. The SMILES string of the molecule is Cc1cc(CN2CC3(C2)OCC[C@H]3CCOCC(=O)N(C)C)no1. The Morgan fingerprint density at radius 2 is 2.29 bits per heavy atom. The summed E-state index contributed by atoms with van der Waals surface area (Å²) in [4.78, 5) is 15.4. The van der Waals surface area contributed by atoms with E-state index in [2.05, 4.69) is 10.1 Å². The maximum absolute atomic E-state index is 11.5. The molecule has 7 heteroatoms. The average Bonchev–Trinajstić information content (AvgIpc) is 3.09. The minimum Gasteiger partial charge on any atom is -0.372 e. The number of nitrogens with zero attached hydrogens (tertiary/aromatic N) is 3. The van der Waals surface area contributed by atoms with Crippen LogP contribution in [0.1, 0.15) is 24.3 Å². The van der Waals surface area contributed by atoms with Crippen molar-refractivity contribution in [3.63, 3.8) is 0 Å². The van der Waals surface area contributed by atoms with Gasteiger partial charge < -0.3 is 18.9 Å². The van der Waals surface area contributed by atoms with Crippen LogP contribution in [0.2, 0.25) is 0 Å². The first-order valence-corrected chi connectivity index (χ1v) is 8.55. The average molecular weight is 337 g/mol. The highest BCUT2D eigenvalue weighted by atomic mass is 16.5. The molecule has 1 aromatic heterocycles. The third-order valence-corrected chi connectivity index (χ3v) is 4.98. The second kappa shape index (κ2) is 7.21. The molecule has 0 N–H and O–H groups in total. The van der Waals surface area contributed by atoms with Crippen LogP contribution >= 0.6 is 0 Å². The molecule has 3 heterocycles. The first-order valence-electron chi connectivity index (χ1n) is 8.55. The Hall–Kier alpha value is -1.44. The van der Waals surface area contributed by atoms with E-state index in [1.165, 1.54) is 0 Å². The fourth-order valence-electron chi connectivity index (χ4n) is 3.60. The monoisotopic (exact) mass is 337 g/mol. The Morgan fingerprint density at radius 1 is 1.50 bits per heavy atom. The molecule has 7 nitrogen and oxygen atoms in total. The number of aryl methyl sites for hydroxylation is 1. The number of amides is 1. The molecule has 1 aromatic rings. The Kier molecular flexibility index (Phi) is 5.22. The number of ether oxygens (including phenoxy) is 2. The number of hydrogen-bond acceptors (Lipinski definition) is 6. The van der Waals surface area contributed by atoms with E-state index < -0.39 is 0 Å². The van der Waals surface area contributed by atoms with E-state index in [-0.39, 0.29) is 18.1 Å². The molecule has 0 unspecified atom stereocenters. The van der Waals surface area contributed by atoms with Gasteiger partial charge in [-0.3, -0.25) is 9.69 Å². The van der Waals surface area contributed by atoms with Crippen molar-refractivity contribution in [3.05, 3.63) is 17.5 Å². The van der Waals surface area contributed by atoms with Crippen LogP contribution in [0.4, 0.5) is 0 Å². The molecule has 2 aliphatic rings. The third kappa shape index (κ3) is 3.79. The first kappa shape index (κ1) is 17.4. The van der Waals surface area contributed by atoms with E-state index in [0.29, 0.717) is 12.5 Å². The largest absolute Gasteiger partial charge is 0.372 e. The summed E-state index contributed by atoms with van der Waals surface area (Å²) in [5, 5.41) is 4.05. The molecule has 1 amide bonds. The molecular formula is C17H27N3O4. The molecule has 0 aromatic carbocycles. The molecule has 1 atom stereocenters. The Bertz CT molecular complexity index is 566. The van der Waals surface area contributed by atoms with E-state index in [9.17, 15) is 4.79 Å². The zero-order chi connectivity index (χ0) is 17.2. The summed E-state index contributed by atoms with van der Waals surface area (Å²) in [6, 6.07) is 1.98. The molecule has 0 radical (unpaired) electrons. The van der Waals surface area contributed by atoms with Crippen LogP contribution in [0.25, 0.3) is 0 Å². The molecule has 2 aliphatic heterocycles. The van der Waals surface area contributed by atoms with Crippen LogP contribution in [-0.4, -0.2) is 73.5 Å². The quantitative estimate of drug-likeness (QED) is 0.693. The van der Waals surface area contributed by atoms with Crippen molar-refractivity contribution in [2.45, 2.75) is 31.9 Å². The van der Waals surface area contributed by atoms with Crippen molar-refractivity contribution in [3.8, 4) is 0 Å². The molecule has 0 saturated carbocycles. The molecule has 2 fully saturated rings. The van der Waals surface area contributed by atoms with Crippen LogP contribution in [0, 0.1) is 12.8 Å². The van der Waals surface area contributed by atoms with Gasteiger partial charge in [0.25, 0.3) is 0 Å². The van der Waals surface area contributed by atoms with E-state index in [1.54, 1.807) is 19.0 Å². The van der Waals surface area contributed by atoms with Gasteiger partial charge in [-0.05, 0) is 25.7 Å². The van der Waals surface area contributed by atoms with Crippen molar-refractivity contribution >= 4 is 5.91 Å². The van der Waals surface area contributed by atoms with Crippen molar-refractivity contribution in [2.75, 3.05) is 47.0 Å². The lowest BCUT2D eigenvalue weighted by atomic mass is 9.79. The lowest BCUT2D eigenvalue weighted by Gasteiger charge is -2.50. The van der Waals surface area contributed by atoms with Crippen LogP contribution in [0.5, 0.6) is 0 Å². The molecule has 1 spiro atoms. The van der Waals surface area contributed by atoms with Crippen LogP contribution in [-0.2, 0) is 20.8 Å². The van der Waals surface area contributed by atoms with Crippen molar-refractivity contribution in [1.82, 2.24) is 15.0 Å². The van der Waals surface area contributed by atoms with E-state index in [4.69, 9.17) is 14.0 Å². The maximum Gasteiger partial charge on any atom is 0.248 e. The predicted molar refractivity (Wildman–Crippen MR) is 87.4 cm³/mol. The predicted octanol–water partition coefficient (Wildman–Crippen LogP) is 1.07. The van der Waals surface area contributed by atoms with E-state index >= 15 is 0 Å². The second-order valence-corrected chi connectivity index (χ2v) is 7.10. The number of rotatable bonds is 7. The highest BCUT2D eigenvalue weighted by Crippen LogP contribution is 2.42. The summed E-state index contributed by atoms with van der Waals surface area (Å²) in [6.07, 6.45) is 2.01. The summed E-state index contributed by atoms with van der Waals surface area (Å²) >= 11 is 0. The minimum atomic E-state index is -0.0340. The maximum atomic E-state index is 11.5. The number of aromatic nitrogens is 1. The molecule has 2 saturated heterocycles. The number of likely N-dealkylation sites (tertiary alicyclic amines) is 1. The Morgan fingerprint density at radius 3 is 2.96 bits per heavy atom. The highest BCUT2D eigenvalue weighted by Gasteiger charge is 2.52. The first-order chi connectivity index (χ1) is 11.5. The van der Waals surface area contributed by atoms with Gasteiger partial charge in [-0.15, -0.1) is 0 Å². The summed E-state index contributed by atoms with van der Waals surface area (Å²) in [5.74, 6) is 1.35. The van der Waals surface area contributed by atoms with Gasteiger partial charge in [-0.2, -0.15) is 0 Å². The summed E-state index contributed by atoms with van der Waals surface area (Å²) in [6.45, 7) is 6.16. The van der Waals surface area contributed by atoms with Crippen LogP contribution in [0.15, 0.2) is 10.6 Å². The lowest BCUT2D eigenvalue weighted by molar-refractivity contribution is -0.141. The summed E-state index contributed by atoms with van der Waals surface area (Å²) in [7, 11) is 3.48. The zero-order valence-electron chi connectivity index (χ0n) is 14.8. The Balaban J connectivity index is 1.41. The zero-order valence-corrected chi connectivity index (χ0v) is 14.8. The molecule has 0 bridgehead atoms. The van der Waals surface area contributed by atoms with Gasteiger partial charge in [0.1, 0.15) is 12.4 Å². The third-order valence-electron chi connectivity index (χ3n) is 4.98. The molecular weight excluding hydrogens is 310 g/mol. The van der Waals surface area contributed by atoms with Gasteiger partial charge in [0.05, 0.1) is 11.3 Å². The summed E-state index contributed by atoms with van der Waals surface area (Å²) in [5.41, 5.74) is 0.940. The smallest absolute Gasteiger partial charge is 0.248 e. The van der Waals surface area contributed by atoms with Gasteiger partial charge in [0.2, 0.25) is 5.91 Å². The molecule has 3 rings (SSSR count). The molecule has 24 heavy (non-hydrogen) atoms. The van der Waals surface area contributed by atoms with Crippen molar-refractivity contribution < 1.29 is 18.8 Å². The molecule has 0 aliphatic carbocycles. The van der Waals surface area contributed by atoms with Gasteiger partial charge in [-0.25, -0.2) is 0 Å². The standard InChI is InChI=1S/C17H27N3O4/c1-13-8-15(18-24-13)9-20-11-17(12-20)14(5-7-23-17)4-6-22-10-16(21)19(2)3/h8,14H,4-7,9-12H2,1-3H3/t14-/m1/s1. The number of carbonyl (C=O) groups excluding carboxylic acids is 1. The number of hydrogen-bond donors (Lipinski definition) is 0. The highest BCUT2D eigenvalue weighted by molar-refractivity contribution is 5.76. The van der Waals surface area contributed by atoms with Gasteiger partial charge >= 0.3 is 0 Å².